The van der Waals surface area contributed by atoms with Crippen LogP contribution >= 0.6 is 11.3 Å². The van der Waals surface area contributed by atoms with Crippen LogP contribution in [0, 0.1) is 11.8 Å². The van der Waals surface area contributed by atoms with Crippen molar-refractivity contribution < 1.29 is 0 Å². The molecule has 1 aromatic carbocycles. The van der Waals surface area contributed by atoms with E-state index in [1.165, 1.54) is 30.6 Å². The molecule has 0 radical (unpaired) electrons. The highest BCUT2D eigenvalue weighted by Gasteiger charge is 2.40. The van der Waals surface area contributed by atoms with Gasteiger partial charge in [-0.15, -0.1) is 11.3 Å². The van der Waals surface area contributed by atoms with Crippen LogP contribution in [0.5, 0.6) is 0 Å². The summed E-state index contributed by atoms with van der Waals surface area (Å²) in [5.41, 5.74) is 8.63. The van der Waals surface area contributed by atoms with Crippen LogP contribution in [0.25, 0.3) is 10.6 Å². The topological polar surface area (TPSA) is 42.1 Å². The smallest absolute Gasteiger partial charge is 0.123 e. The van der Waals surface area contributed by atoms with Crippen LogP contribution in [0.1, 0.15) is 18.5 Å². The Balaban J connectivity index is 1.44. The fourth-order valence-corrected chi connectivity index (χ4v) is 4.67. The summed E-state index contributed by atoms with van der Waals surface area (Å²) in [6.45, 7) is 3.34. The van der Waals surface area contributed by atoms with Crippen LogP contribution < -0.4 is 5.73 Å². The highest BCUT2D eigenvalue weighted by Crippen LogP contribution is 2.37. The first-order chi connectivity index (χ1) is 10.3. The molecule has 2 N–H and O–H groups in total. The van der Waals surface area contributed by atoms with E-state index in [0.29, 0.717) is 6.04 Å². The summed E-state index contributed by atoms with van der Waals surface area (Å²) >= 11 is 1.75. The van der Waals surface area contributed by atoms with E-state index in [0.717, 1.165) is 29.9 Å². The number of fused-ring (bicyclic) bond motifs is 1. The number of hydrogen-bond acceptors (Lipinski definition) is 4. The van der Waals surface area contributed by atoms with Crippen molar-refractivity contribution in [3.8, 4) is 10.6 Å². The van der Waals surface area contributed by atoms with Gasteiger partial charge in [0.15, 0.2) is 0 Å². The molecule has 4 heteroatoms. The fourth-order valence-electron chi connectivity index (χ4n) is 3.85. The lowest BCUT2D eigenvalue weighted by Crippen LogP contribution is -2.30. The molecule has 3 nitrogen and oxygen atoms in total. The maximum Gasteiger partial charge on any atom is 0.123 e. The molecule has 2 fully saturated rings. The van der Waals surface area contributed by atoms with E-state index in [1.807, 2.05) is 6.07 Å². The standard InChI is InChI=1S/C17H21N3S/c18-16-7-6-13-8-20(10-15(13)16)9-14-11-21-17(19-14)12-4-2-1-3-5-12/h1-5,11,13,15-16H,6-10,18H2. The molecule has 1 aromatic heterocycles. The van der Waals surface area contributed by atoms with Gasteiger partial charge in [-0.1, -0.05) is 30.3 Å². The molecule has 110 valence electrons. The van der Waals surface area contributed by atoms with E-state index < -0.39 is 0 Å². The van der Waals surface area contributed by atoms with E-state index in [2.05, 4.69) is 34.5 Å². The minimum atomic E-state index is 0.426. The van der Waals surface area contributed by atoms with Crippen LogP contribution in [-0.4, -0.2) is 29.0 Å². The molecule has 1 aliphatic carbocycles. The third-order valence-electron chi connectivity index (χ3n) is 4.95. The number of rotatable bonds is 3. The Kier molecular flexibility index (Phi) is 3.53. The van der Waals surface area contributed by atoms with Crippen molar-refractivity contribution in [1.82, 2.24) is 9.88 Å². The molecule has 21 heavy (non-hydrogen) atoms. The lowest BCUT2D eigenvalue weighted by atomic mass is 9.98. The number of benzene rings is 1. The maximum atomic E-state index is 6.22. The lowest BCUT2D eigenvalue weighted by molar-refractivity contribution is 0.295. The molecule has 2 aliphatic rings. The Labute approximate surface area is 129 Å². The first kappa shape index (κ1) is 13.4. The number of nitrogens with two attached hydrogens (primary N) is 1. The largest absolute Gasteiger partial charge is 0.327 e. The van der Waals surface area contributed by atoms with E-state index in [9.17, 15) is 0 Å². The second-order valence-corrected chi connectivity index (χ2v) is 7.23. The molecule has 0 spiro atoms. The summed E-state index contributed by atoms with van der Waals surface area (Å²) in [6, 6.07) is 10.9. The van der Waals surface area contributed by atoms with Gasteiger partial charge >= 0.3 is 0 Å². The summed E-state index contributed by atoms with van der Waals surface area (Å²) < 4.78 is 0. The summed E-state index contributed by atoms with van der Waals surface area (Å²) in [7, 11) is 0. The van der Waals surface area contributed by atoms with E-state index in [4.69, 9.17) is 10.7 Å². The second-order valence-electron chi connectivity index (χ2n) is 6.37. The Morgan fingerprint density at radius 3 is 2.86 bits per heavy atom. The number of nitrogens with zero attached hydrogens (tertiary/aromatic N) is 2. The number of aromatic nitrogens is 1. The molecule has 0 bridgehead atoms. The van der Waals surface area contributed by atoms with Crippen molar-refractivity contribution in [3.05, 3.63) is 41.4 Å². The van der Waals surface area contributed by atoms with Crippen molar-refractivity contribution in [1.29, 1.82) is 0 Å². The number of thiazole rings is 1. The van der Waals surface area contributed by atoms with Gasteiger partial charge in [0.1, 0.15) is 5.01 Å². The van der Waals surface area contributed by atoms with Crippen LogP contribution in [0.2, 0.25) is 0 Å². The van der Waals surface area contributed by atoms with Crippen molar-refractivity contribution in [2.24, 2.45) is 17.6 Å². The molecule has 1 saturated heterocycles. The Morgan fingerprint density at radius 1 is 1.19 bits per heavy atom. The van der Waals surface area contributed by atoms with Crippen molar-refractivity contribution in [3.63, 3.8) is 0 Å². The van der Waals surface area contributed by atoms with E-state index >= 15 is 0 Å². The van der Waals surface area contributed by atoms with Crippen molar-refractivity contribution in [2.45, 2.75) is 25.4 Å². The Morgan fingerprint density at radius 2 is 2.05 bits per heavy atom. The van der Waals surface area contributed by atoms with E-state index in [-0.39, 0.29) is 0 Å². The molecule has 3 atom stereocenters. The average Bonchev–Trinajstić information content (AvgIpc) is 3.19. The molecule has 1 aliphatic heterocycles. The van der Waals surface area contributed by atoms with Gasteiger partial charge < -0.3 is 5.73 Å². The second kappa shape index (κ2) is 5.52. The molecule has 4 rings (SSSR count). The lowest BCUT2D eigenvalue weighted by Gasteiger charge is -2.17. The SMILES string of the molecule is NC1CCC2CN(Cc3csc(-c4ccccc4)n3)CC12. The molecule has 2 heterocycles. The van der Waals surface area contributed by atoms with Gasteiger partial charge in [-0.3, -0.25) is 4.90 Å². The number of likely N-dealkylation sites (tertiary alicyclic amines) is 1. The first-order valence-corrected chi connectivity index (χ1v) is 8.65. The van der Waals surface area contributed by atoms with Crippen LogP contribution in [0.15, 0.2) is 35.7 Å². The monoisotopic (exact) mass is 299 g/mol. The van der Waals surface area contributed by atoms with Gasteiger partial charge in [0.05, 0.1) is 5.69 Å². The average molecular weight is 299 g/mol. The summed E-state index contributed by atoms with van der Waals surface area (Å²) in [5, 5.41) is 3.33. The summed E-state index contributed by atoms with van der Waals surface area (Å²) in [5.74, 6) is 1.55. The van der Waals surface area contributed by atoms with Crippen LogP contribution in [-0.2, 0) is 6.54 Å². The number of hydrogen-bond donors (Lipinski definition) is 1. The predicted molar refractivity (Wildman–Crippen MR) is 87.0 cm³/mol. The van der Waals surface area contributed by atoms with Gasteiger partial charge in [0.25, 0.3) is 0 Å². The van der Waals surface area contributed by atoms with Gasteiger partial charge in [-0.05, 0) is 24.7 Å². The quantitative estimate of drug-likeness (QED) is 0.947. The summed E-state index contributed by atoms with van der Waals surface area (Å²) in [4.78, 5) is 7.34. The first-order valence-electron chi connectivity index (χ1n) is 7.77. The molecular weight excluding hydrogens is 278 g/mol. The van der Waals surface area contributed by atoms with Crippen LogP contribution in [0.4, 0.5) is 0 Å². The minimum Gasteiger partial charge on any atom is -0.327 e. The molecular formula is C17H21N3S. The molecule has 3 unspecified atom stereocenters. The molecule has 2 aromatic rings. The van der Waals surface area contributed by atoms with E-state index in [1.54, 1.807) is 11.3 Å². The zero-order valence-electron chi connectivity index (χ0n) is 12.1. The highest BCUT2D eigenvalue weighted by atomic mass is 32.1. The summed E-state index contributed by atoms with van der Waals surface area (Å²) in [6.07, 6.45) is 2.53. The fraction of sp³-hybridized carbons (Fsp3) is 0.471. The predicted octanol–water partition coefficient (Wildman–Crippen LogP) is 2.98. The van der Waals surface area contributed by atoms with Gasteiger partial charge in [-0.25, -0.2) is 4.98 Å². The molecule has 0 amide bonds. The van der Waals surface area contributed by atoms with Gasteiger partial charge in [0, 0.05) is 36.6 Å². The molecule has 1 saturated carbocycles. The normalized spacial score (nSPS) is 28.9. The van der Waals surface area contributed by atoms with Gasteiger partial charge in [-0.2, -0.15) is 0 Å². The minimum absolute atomic E-state index is 0.426. The zero-order valence-corrected chi connectivity index (χ0v) is 12.9. The van der Waals surface area contributed by atoms with Crippen molar-refractivity contribution in [2.75, 3.05) is 13.1 Å². The third-order valence-corrected chi connectivity index (χ3v) is 5.89. The Hall–Kier alpha value is -1.23. The Bertz CT molecular complexity index is 610. The third kappa shape index (κ3) is 2.63. The van der Waals surface area contributed by atoms with Gasteiger partial charge in [0.2, 0.25) is 0 Å². The maximum absolute atomic E-state index is 6.22. The van der Waals surface area contributed by atoms with Crippen molar-refractivity contribution >= 4 is 11.3 Å². The zero-order chi connectivity index (χ0) is 14.2. The highest BCUT2D eigenvalue weighted by molar-refractivity contribution is 7.13. The van der Waals surface area contributed by atoms with Crippen LogP contribution in [0.3, 0.4) is 0 Å².